The molecular weight excluding hydrogens is 227 g/mol. The van der Waals surface area contributed by atoms with Crippen LogP contribution in [-0.4, -0.2) is 42.8 Å². The Morgan fingerprint density at radius 3 is 2.61 bits per heavy atom. The van der Waals surface area contributed by atoms with Crippen molar-refractivity contribution < 1.29 is 4.39 Å². The molecule has 2 nitrogen and oxygen atoms in total. The van der Waals surface area contributed by atoms with Crippen LogP contribution in [0.3, 0.4) is 0 Å². The number of hydrogen-bond acceptors (Lipinski definition) is 2. The monoisotopic (exact) mass is 258 g/mol. The summed E-state index contributed by atoms with van der Waals surface area (Å²) in [6.45, 7) is 12.3. The molecule has 108 valence electrons. The normalized spacial score (nSPS) is 30.0. The van der Waals surface area contributed by atoms with Gasteiger partial charge in [0.1, 0.15) is 0 Å². The Labute approximate surface area is 112 Å². The van der Waals surface area contributed by atoms with Gasteiger partial charge in [-0.25, -0.2) is 0 Å². The van der Waals surface area contributed by atoms with E-state index >= 15 is 0 Å². The second-order valence-electron chi connectivity index (χ2n) is 6.33. The third kappa shape index (κ3) is 4.51. The molecule has 1 heterocycles. The molecule has 0 aromatic rings. The summed E-state index contributed by atoms with van der Waals surface area (Å²) in [5, 5.41) is 3.71. The van der Waals surface area contributed by atoms with E-state index in [1.165, 1.54) is 6.42 Å². The summed E-state index contributed by atoms with van der Waals surface area (Å²) < 4.78 is 12.1. The maximum absolute atomic E-state index is 12.1. The fourth-order valence-corrected chi connectivity index (χ4v) is 2.83. The van der Waals surface area contributed by atoms with Crippen molar-refractivity contribution in [2.45, 2.75) is 65.0 Å². The third-order valence-corrected chi connectivity index (χ3v) is 4.39. The van der Waals surface area contributed by atoms with Crippen molar-refractivity contribution in [3.8, 4) is 0 Å². The van der Waals surface area contributed by atoms with Gasteiger partial charge >= 0.3 is 0 Å². The van der Waals surface area contributed by atoms with E-state index in [9.17, 15) is 4.39 Å². The van der Waals surface area contributed by atoms with Gasteiger partial charge in [-0.05, 0) is 45.1 Å². The van der Waals surface area contributed by atoms with E-state index in [4.69, 9.17) is 0 Å². The van der Waals surface area contributed by atoms with E-state index in [1.807, 2.05) is 0 Å². The highest BCUT2D eigenvalue weighted by atomic mass is 19.1. The van der Waals surface area contributed by atoms with Crippen molar-refractivity contribution in [2.24, 2.45) is 5.92 Å². The molecule has 0 amide bonds. The molecule has 1 aliphatic heterocycles. The molecule has 0 aromatic carbocycles. The van der Waals surface area contributed by atoms with Crippen molar-refractivity contribution in [1.29, 1.82) is 0 Å². The molecule has 18 heavy (non-hydrogen) atoms. The second kappa shape index (κ2) is 7.44. The quantitative estimate of drug-likeness (QED) is 0.705. The average Bonchev–Trinajstić information content (AvgIpc) is 2.34. The lowest BCUT2D eigenvalue weighted by molar-refractivity contribution is 0.0587. The summed E-state index contributed by atoms with van der Waals surface area (Å²) >= 11 is 0. The molecule has 0 aromatic heterocycles. The van der Waals surface area contributed by atoms with Crippen LogP contribution in [-0.2, 0) is 0 Å². The maximum atomic E-state index is 12.1. The lowest BCUT2D eigenvalue weighted by atomic mass is 9.89. The summed E-state index contributed by atoms with van der Waals surface area (Å²) in [7, 11) is 0. The smallest absolute Gasteiger partial charge is 0.0894 e. The molecule has 3 heteroatoms. The van der Waals surface area contributed by atoms with Crippen molar-refractivity contribution in [3.05, 3.63) is 0 Å². The first-order chi connectivity index (χ1) is 8.52. The summed E-state index contributed by atoms with van der Waals surface area (Å²) in [4.78, 5) is 2.63. The van der Waals surface area contributed by atoms with Gasteiger partial charge in [0.2, 0.25) is 0 Å². The lowest BCUT2D eigenvalue weighted by Crippen LogP contribution is -2.63. The van der Waals surface area contributed by atoms with Gasteiger partial charge in [-0.2, -0.15) is 0 Å². The Morgan fingerprint density at radius 1 is 1.33 bits per heavy atom. The Hall–Kier alpha value is -0.150. The number of nitrogens with one attached hydrogen (secondary N) is 1. The number of alkyl halides is 1. The first kappa shape index (κ1) is 15.9. The first-order valence-electron chi connectivity index (χ1n) is 7.57. The summed E-state index contributed by atoms with van der Waals surface area (Å²) in [5.74, 6) is 0.681. The summed E-state index contributed by atoms with van der Waals surface area (Å²) in [6, 6.07) is 0.634. The topological polar surface area (TPSA) is 15.3 Å². The van der Waals surface area contributed by atoms with Gasteiger partial charge in [-0.1, -0.05) is 20.8 Å². The van der Waals surface area contributed by atoms with Crippen LogP contribution in [0.5, 0.6) is 0 Å². The zero-order valence-electron chi connectivity index (χ0n) is 12.6. The lowest BCUT2D eigenvalue weighted by Gasteiger charge is -2.47. The Morgan fingerprint density at radius 2 is 2.06 bits per heavy atom. The van der Waals surface area contributed by atoms with Crippen molar-refractivity contribution >= 4 is 0 Å². The fourth-order valence-electron chi connectivity index (χ4n) is 2.83. The molecule has 1 aliphatic rings. The zero-order chi connectivity index (χ0) is 13.6. The Kier molecular flexibility index (Phi) is 6.58. The van der Waals surface area contributed by atoms with E-state index in [0.717, 1.165) is 38.9 Å². The third-order valence-electron chi connectivity index (χ3n) is 4.39. The van der Waals surface area contributed by atoms with Crippen LogP contribution in [0, 0.1) is 5.92 Å². The average molecular weight is 258 g/mol. The van der Waals surface area contributed by atoms with Crippen LogP contribution in [0.15, 0.2) is 0 Å². The molecule has 0 bridgehead atoms. The minimum Gasteiger partial charge on any atom is -0.309 e. The van der Waals surface area contributed by atoms with Gasteiger partial charge in [0.05, 0.1) is 6.67 Å². The number of hydrogen-bond donors (Lipinski definition) is 1. The molecular formula is C15H31FN2. The molecule has 0 radical (unpaired) electrons. The molecule has 1 saturated heterocycles. The number of nitrogens with zero attached hydrogens (tertiary/aromatic N) is 1. The SMILES string of the molecule is CCC1(C)CN(CCCCCF)C(C(C)C)CN1. The van der Waals surface area contributed by atoms with Crippen LogP contribution in [0.25, 0.3) is 0 Å². The minimum atomic E-state index is -0.165. The van der Waals surface area contributed by atoms with Gasteiger partial charge in [0, 0.05) is 24.7 Å². The predicted molar refractivity (Wildman–Crippen MR) is 76.7 cm³/mol. The van der Waals surface area contributed by atoms with E-state index in [-0.39, 0.29) is 12.2 Å². The standard InChI is InChI=1S/C15H31FN2/c1-5-15(4)12-18(10-8-6-7-9-16)14(11-17-15)13(2)3/h13-14,17H,5-12H2,1-4H3. The Balaban J connectivity index is 2.50. The number of piperazine rings is 1. The fraction of sp³-hybridized carbons (Fsp3) is 1.00. The van der Waals surface area contributed by atoms with Crippen LogP contribution in [0.4, 0.5) is 4.39 Å². The zero-order valence-corrected chi connectivity index (χ0v) is 12.6. The largest absolute Gasteiger partial charge is 0.309 e. The van der Waals surface area contributed by atoms with Gasteiger partial charge in [0.15, 0.2) is 0 Å². The molecule has 0 saturated carbocycles. The number of rotatable bonds is 7. The van der Waals surface area contributed by atoms with Crippen molar-refractivity contribution in [1.82, 2.24) is 10.2 Å². The van der Waals surface area contributed by atoms with E-state index in [1.54, 1.807) is 0 Å². The van der Waals surface area contributed by atoms with Crippen molar-refractivity contribution in [2.75, 3.05) is 26.3 Å². The molecule has 2 atom stereocenters. The van der Waals surface area contributed by atoms with Gasteiger partial charge in [-0.3, -0.25) is 9.29 Å². The first-order valence-corrected chi connectivity index (χ1v) is 7.57. The van der Waals surface area contributed by atoms with Gasteiger partial charge in [-0.15, -0.1) is 0 Å². The van der Waals surface area contributed by atoms with Crippen LogP contribution < -0.4 is 5.32 Å². The number of halogens is 1. The van der Waals surface area contributed by atoms with Crippen LogP contribution >= 0.6 is 0 Å². The molecule has 0 spiro atoms. The highest BCUT2D eigenvalue weighted by Gasteiger charge is 2.35. The summed E-state index contributed by atoms with van der Waals surface area (Å²) in [5.41, 5.74) is 0.255. The van der Waals surface area contributed by atoms with Crippen LogP contribution in [0.1, 0.15) is 53.4 Å². The predicted octanol–water partition coefficient (Wildman–Crippen LogP) is 3.22. The van der Waals surface area contributed by atoms with E-state index < -0.39 is 0 Å². The van der Waals surface area contributed by atoms with E-state index in [0.29, 0.717) is 12.0 Å². The Bertz CT molecular complexity index is 233. The minimum absolute atomic E-state index is 0.165. The highest BCUT2D eigenvalue weighted by molar-refractivity contribution is 4.95. The molecule has 1 fully saturated rings. The second-order valence-corrected chi connectivity index (χ2v) is 6.33. The molecule has 1 rings (SSSR count). The highest BCUT2D eigenvalue weighted by Crippen LogP contribution is 2.23. The maximum Gasteiger partial charge on any atom is 0.0894 e. The molecule has 2 unspecified atom stereocenters. The molecule has 0 aliphatic carbocycles. The van der Waals surface area contributed by atoms with Gasteiger partial charge < -0.3 is 5.32 Å². The number of unbranched alkanes of at least 4 members (excludes halogenated alkanes) is 2. The van der Waals surface area contributed by atoms with Crippen LogP contribution in [0.2, 0.25) is 0 Å². The molecule has 1 N–H and O–H groups in total. The summed E-state index contributed by atoms with van der Waals surface area (Å²) in [6.07, 6.45) is 4.04. The van der Waals surface area contributed by atoms with Gasteiger partial charge in [0.25, 0.3) is 0 Å². The van der Waals surface area contributed by atoms with Crippen molar-refractivity contribution in [3.63, 3.8) is 0 Å². The van der Waals surface area contributed by atoms with E-state index in [2.05, 4.69) is 37.9 Å².